The molecule has 1 atom stereocenters. The number of aliphatic hydroxyl groups is 2. The Labute approximate surface area is 135 Å². The highest BCUT2D eigenvalue weighted by Gasteiger charge is 2.26. The van der Waals surface area contributed by atoms with E-state index < -0.39 is 11.4 Å². The minimum atomic E-state index is -0.763. The molecule has 0 aromatic carbocycles. The topological polar surface area (TPSA) is 77.8 Å². The lowest BCUT2D eigenvalue weighted by molar-refractivity contribution is -0.147. The molecule has 4 nitrogen and oxygen atoms in total. The molecule has 0 aliphatic heterocycles. The van der Waals surface area contributed by atoms with Gasteiger partial charge in [0.25, 0.3) is 0 Å². The van der Waals surface area contributed by atoms with Gasteiger partial charge in [-0.05, 0) is 39.5 Å². The van der Waals surface area contributed by atoms with E-state index in [0.29, 0.717) is 6.42 Å². The summed E-state index contributed by atoms with van der Waals surface area (Å²) < 4.78 is 0. The molecule has 0 rings (SSSR count). The van der Waals surface area contributed by atoms with Crippen molar-refractivity contribution >= 4 is 5.97 Å². The fourth-order valence-electron chi connectivity index (χ4n) is 2.29. The van der Waals surface area contributed by atoms with E-state index in [2.05, 4.69) is 6.58 Å². The largest absolute Gasteiger partial charge is 0.512 e. The van der Waals surface area contributed by atoms with Crippen LogP contribution in [0.15, 0.2) is 12.3 Å². The smallest absolute Gasteiger partial charge is 0.309 e. The third kappa shape index (κ3) is 8.42. The highest BCUT2D eigenvalue weighted by Crippen LogP contribution is 2.30. The van der Waals surface area contributed by atoms with E-state index in [4.69, 9.17) is 5.11 Å². The van der Waals surface area contributed by atoms with Crippen molar-refractivity contribution in [3.8, 4) is 0 Å². The van der Waals surface area contributed by atoms with Crippen LogP contribution in [-0.4, -0.2) is 27.4 Å². The molecule has 0 spiro atoms. The summed E-state index contributed by atoms with van der Waals surface area (Å²) in [6, 6.07) is 0. The van der Waals surface area contributed by atoms with Gasteiger partial charge in [0.2, 0.25) is 0 Å². The van der Waals surface area contributed by atoms with Crippen LogP contribution in [0.3, 0.4) is 0 Å². The molecule has 0 bridgehead atoms. The fourth-order valence-corrected chi connectivity index (χ4v) is 2.29. The van der Waals surface area contributed by atoms with Crippen molar-refractivity contribution in [3.05, 3.63) is 12.3 Å². The van der Waals surface area contributed by atoms with E-state index in [9.17, 15) is 15.0 Å². The summed E-state index contributed by atoms with van der Waals surface area (Å²) in [6.45, 7) is 11.0. The molecule has 0 aliphatic rings. The molecule has 4 heteroatoms. The first kappa shape index (κ1) is 21.0. The summed E-state index contributed by atoms with van der Waals surface area (Å²) in [6.07, 6.45) is 6.25. The van der Waals surface area contributed by atoms with Crippen LogP contribution >= 0.6 is 0 Å². The Kier molecular flexibility index (Phi) is 8.76. The predicted octanol–water partition coefficient (Wildman–Crippen LogP) is 4.68. The van der Waals surface area contributed by atoms with E-state index in [1.165, 1.54) is 0 Å². The van der Waals surface area contributed by atoms with E-state index in [0.717, 1.165) is 44.9 Å². The zero-order valence-corrected chi connectivity index (χ0v) is 14.7. The molecule has 1 unspecified atom stereocenters. The molecular formula is C18H34O4. The van der Waals surface area contributed by atoms with E-state index >= 15 is 0 Å². The minimum absolute atomic E-state index is 0.217. The first-order chi connectivity index (χ1) is 9.99. The number of unbranched alkanes of at least 4 members (excludes halogenated alkanes) is 2. The average Bonchev–Trinajstić information content (AvgIpc) is 2.39. The van der Waals surface area contributed by atoms with Crippen LogP contribution in [0.1, 0.15) is 79.1 Å². The summed E-state index contributed by atoms with van der Waals surface area (Å²) in [5, 5.41) is 28.4. The van der Waals surface area contributed by atoms with Gasteiger partial charge in [-0.25, -0.2) is 0 Å². The number of hydrogen-bond donors (Lipinski definition) is 3. The third-order valence-corrected chi connectivity index (χ3v) is 4.54. The van der Waals surface area contributed by atoms with Crippen molar-refractivity contribution in [1.29, 1.82) is 0 Å². The minimum Gasteiger partial charge on any atom is -0.512 e. The summed E-state index contributed by atoms with van der Waals surface area (Å²) in [5.41, 5.74) is -0.934. The normalized spacial score (nSPS) is 13.9. The molecular weight excluding hydrogens is 280 g/mol. The highest BCUT2D eigenvalue weighted by molar-refractivity contribution is 5.73. The lowest BCUT2D eigenvalue weighted by Crippen LogP contribution is -2.23. The number of carboxylic acid groups (broad SMARTS) is 1. The first-order valence-electron chi connectivity index (χ1n) is 8.29. The Bertz CT molecular complexity index is 324. The molecule has 0 aliphatic carbocycles. The predicted molar refractivity (Wildman–Crippen MR) is 89.9 cm³/mol. The van der Waals surface area contributed by atoms with Crippen molar-refractivity contribution in [1.82, 2.24) is 0 Å². The average molecular weight is 314 g/mol. The van der Waals surface area contributed by atoms with Crippen LogP contribution in [0.4, 0.5) is 0 Å². The zero-order valence-electron chi connectivity index (χ0n) is 14.7. The van der Waals surface area contributed by atoms with Crippen molar-refractivity contribution in [2.45, 2.75) is 85.2 Å². The van der Waals surface area contributed by atoms with Crippen LogP contribution in [0.25, 0.3) is 0 Å². The van der Waals surface area contributed by atoms with Crippen LogP contribution in [0, 0.1) is 10.8 Å². The van der Waals surface area contributed by atoms with E-state index in [1.54, 1.807) is 13.8 Å². The van der Waals surface area contributed by atoms with Gasteiger partial charge in [-0.2, -0.15) is 0 Å². The van der Waals surface area contributed by atoms with E-state index in [-0.39, 0.29) is 17.3 Å². The molecule has 0 saturated carbocycles. The van der Waals surface area contributed by atoms with Gasteiger partial charge in [0, 0.05) is 5.41 Å². The summed E-state index contributed by atoms with van der Waals surface area (Å²) in [4.78, 5) is 11.0. The van der Waals surface area contributed by atoms with Crippen LogP contribution in [-0.2, 0) is 4.79 Å². The standard InChI is InChI=1S/C18H34O4/c1-14(19)17(2,3)12-8-6-10-15(20)11-7-9-13-18(4,5)16(21)22/h15,19-20H,1,6-13H2,2-5H3,(H,21,22). The number of hydrogen-bond acceptors (Lipinski definition) is 3. The molecule has 3 N–H and O–H groups in total. The highest BCUT2D eigenvalue weighted by atomic mass is 16.4. The maximum absolute atomic E-state index is 11.0. The quantitative estimate of drug-likeness (QED) is 0.361. The Morgan fingerprint density at radius 2 is 1.32 bits per heavy atom. The van der Waals surface area contributed by atoms with Gasteiger partial charge in [0.15, 0.2) is 0 Å². The molecule has 130 valence electrons. The number of allylic oxidation sites excluding steroid dienone is 1. The molecule has 22 heavy (non-hydrogen) atoms. The van der Waals surface area contributed by atoms with Gasteiger partial charge in [0.05, 0.1) is 17.3 Å². The van der Waals surface area contributed by atoms with Crippen molar-refractivity contribution in [2.75, 3.05) is 0 Å². The van der Waals surface area contributed by atoms with Gasteiger partial charge in [-0.3, -0.25) is 4.79 Å². The maximum Gasteiger partial charge on any atom is 0.309 e. The van der Waals surface area contributed by atoms with Gasteiger partial charge in [-0.1, -0.05) is 46.1 Å². The summed E-state index contributed by atoms with van der Waals surface area (Å²) in [5.74, 6) is -0.546. The molecule has 0 aromatic rings. The lowest BCUT2D eigenvalue weighted by atomic mass is 9.85. The molecule has 0 heterocycles. The Morgan fingerprint density at radius 3 is 1.68 bits per heavy atom. The molecule has 0 fully saturated rings. The van der Waals surface area contributed by atoms with Crippen LogP contribution in [0.5, 0.6) is 0 Å². The third-order valence-electron chi connectivity index (χ3n) is 4.54. The molecule has 0 saturated heterocycles. The zero-order chi connectivity index (χ0) is 17.4. The first-order valence-corrected chi connectivity index (χ1v) is 8.29. The second-order valence-corrected chi connectivity index (χ2v) is 7.67. The number of aliphatic hydroxyl groups excluding tert-OH is 2. The lowest BCUT2D eigenvalue weighted by Gasteiger charge is -2.23. The Morgan fingerprint density at radius 1 is 0.909 bits per heavy atom. The van der Waals surface area contributed by atoms with E-state index in [1.807, 2.05) is 13.8 Å². The molecule has 0 aromatic heterocycles. The molecule has 0 amide bonds. The fraction of sp³-hybridized carbons (Fsp3) is 0.833. The Hall–Kier alpha value is -1.03. The van der Waals surface area contributed by atoms with Crippen molar-refractivity contribution < 1.29 is 20.1 Å². The van der Waals surface area contributed by atoms with Gasteiger partial charge >= 0.3 is 5.97 Å². The van der Waals surface area contributed by atoms with Crippen molar-refractivity contribution in [2.24, 2.45) is 10.8 Å². The monoisotopic (exact) mass is 314 g/mol. The second kappa shape index (κ2) is 9.19. The second-order valence-electron chi connectivity index (χ2n) is 7.67. The number of aliphatic carboxylic acids is 1. The maximum atomic E-state index is 11.0. The van der Waals surface area contributed by atoms with Crippen LogP contribution in [0.2, 0.25) is 0 Å². The van der Waals surface area contributed by atoms with Crippen molar-refractivity contribution in [3.63, 3.8) is 0 Å². The Balaban J connectivity index is 3.73. The number of rotatable bonds is 12. The van der Waals surface area contributed by atoms with Gasteiger partial charge < -0.3 is 15.3 Å². The van der Waals surface area contributed by atoms with Crippen LogP contribution < -0.4 is 0 Å². The SMILES string of the molecule is C=C(O)C(C)(C)CCCCC(O)CCCCC(C)(C)C(=O)O. The van der Waals surface area contributed by atoms with Gasteiger partial charge in [-0.15, -0.1) is 0 Å². The summed E-state index contributed by atoms with van der Waals surface area (Å²) >= 11 is 0. The van der Waals surface area contributed by atoms with Gasteiger partial charge in [0.1, 0.15) is 0 Å². The molecule has 0 radical (unpaired) electrons. The number of carbonyl (C=O) groups is 1. The number of carboxylic acids is 1. The summed E-state index contributed by atoms with van der Waals surface area (Å²) in [7, 11) is 0.